The fourth-order valence-electron chi connectivity index (χ4n) is 4.63. The second-order valence-electron chi connectivity index (χ2n) is 7.39. The van der Waals surface area contributed by atoms with Gasteiger partial charge in [0.25, 0.3) is 0 Å². The van der Waals surface area contributed by atoms with Crippen molar-refractivity contribution in [1.82, 2.24) is 0 Å². The first-order chi connectivity index (χ1) is 10.1. The molecule has 1 unspecified atom stereocenters. The molecule has 3 nitrogen and oxygen atoms in total. The van der Waals surface area contributed by atoms with E-state index >= 15 is 0 Å². The van der Waals surface area contributed by atoms with Gasteiger partial charge in [0.2, 0.25) is 5.91 Å². The van der Waals surface area contributed by atoms with E-state index in [2.05, 4.69) is 13.1 Å². The highest BCUT2D eigenvalue weighted by atomic mass is 16.1. The molecule has 1 atom stereocenters. The number of amides is 1. The molecule has 0 saturated heterocycles. The highest BCUT2D eigenvalue weighted by Gasteiger charge is 2.55. The Hall–Kier alpha value is -1.35. The molecular weight excluding hydrogens is 260 g/mol. The molecule has 1 aromatic rings. The summed E-state index contributed by atoms with van der Waals surface area (Å²) in [6.07, 6.45) is 8.99. The number of quaternary nitrogens is 1. The number of carbonyl (C=O) groups is 1. The van der Waals surface area contributed by atoms with Gasteiger partial charge in [0, 0.05) is 44.1 Å². The SMILES string of the molecule is C[N+](C1CC1)(C1CC1)C1CCc2cccc(C(N)=O)c2C1. The Morgan fingerprint density at radius 3 is 2.33 bits per heavy atom. The van der Waals surface area contributed by atoms with Crippen LogP contribution in [0.25, 0.3) is 0 Å². The molecule has 3 aliphatic carbocycles. The maximum absolute atomic E-state index is 11.7. The zero-order chi connectivity index (χ0) is 14.6. The van der Waals surface area contributed by atoms with Gasteiger partial charge in [-0.05, 0) is 23.6 Å². The number of benzene rings is 1. The number of rotatable bonds is 4. The van der Waals surface area contributed by atoms with Gasteiger partial charge in [-0.1, -0.05) is 12.1 Å². The molecule has 21 heavy (non-hydrogen) atoms. The summed E-state index contributed by atoms with van der Waals surface area (Å²) in [6.45, 7) is 0. The molecule has 0 aromatic heterocycles. The predicted molar refractivity (Wildman–Crippen MR) is 83.0 cm³/mol. The van der Waals surface area contributed by atoms with Crippen molar-refractivity contribution in [2.24, 2.45) is 5.73 Å². The number of fused-ring (bicyclic) bond motifs is 1. The highest BCUT2D eigenvalue weighted by molar-refractivity contribution is 5.94. The second-order valence-corrected chi connectivity index (χ2v) is 7.39. The molecule has 0 radical (unpaired) electrons. The minimum atomic E-state index is -0.264. The van der Waals surface area contributed by atoms with Crippen LogP contribution in [0, 0.1) is 0 Å². The summed E-state index contributed by atoms with van der Waals surface area (Å²) in [5.74, 6) is -0.264. The molecule has 0 heterocycles. The minimum absolute atomic E-state index is 0.264. The lowest BCUT2D eigenvalue weighted by molar-refractivity contribution is -0.954. The molecule has 0 bridgehead atoms. The van der Waals surface area contributed by atoms with Gasteiger partial charge in [0.1, 0.15) is 0 Å². The van der Waals surface area contributed by atoms with Gasteiger partial charge in [0.15, 0.2) is 0 Å². The predicted octanol–water partition coefficient (Wildman–Crippen LogP) is 2.41. The molecule has 2 N–H and O–H groups in total. The van der Waals surface area contributed by atoms with E-state index in [0.29, 0.717) is 6.04 Å². The quantitative estimate of drug-likeness (QED) is 0.848. The van der Waals surface area contributed by atoms with Crippen molar-refractivity contribution >= 4 is 5.91 Å². The van der Waals surface area contributed by atoms with Gasteiger partial charge < -0.3 is 10.2 Å². The first kappa shape index (κ1) is 13.3. The zero-order valence-electron chi connectivity index (χ0n) is 12.8. The van der Waals surface area contributed by atoms with Gasteiger partial charge in [-0.25, -0.2) is 0 Å². The summed E-state index contributed by atoms with van der Waals surface area (Å²) >= 11 is 0. The van der Waals surface area contributed by atoms with Crippen LogP contribution in [0.4, 0.5) is 0 Å². The molecule has 1 aromatic carbocycles. The van der Waals surface area contributed by atoms with Crippen molar-refractivity contribution in [3.8, 4) is 0 Å². The van der Waals surface area contributed by atoms with Crippen LogP contribution in [-0.2, 0) is 12.8 Å². The van der Waals surface area contributed by atoms with E-state index in [9.17, 15) is 4.79 Å². The molecule has 0 aliphatic heterocycles. The molecule has 4 rings (SSSR count). The average Bonchev–Trinajstić information content (AvgIpc) is 3.37. The standard InChI is InChI=1S/C18H24N2O/c1-20(13-7-8-13,14-9-10-14)15-6-5-12-3-2-4-16(18(19)21)17(12)11-15/h2-4,13-15H,5-11H2,1H3,(H-,19,21)/p+1. The minimum Gasteiger partial charge on any atom is -0.366 e. The fraction of sp³-hybridized carbons (Fsp3) is 0.611. The second kappa shape index (κ2) is 4.57. The lowest BCUT2D eigenvalue weighted by Crippen LogP contribution is -2.57. The van der Waals surface area contributed by atoms with E-state index in [1.807, 2.05) is 12.1 Å². The number of hydrogen-bond donors (Lipinski definition) is 1. The Bertz CT molecular complexity index is 575. The van der Waals surface area contributed by atoms with E-state index in [0.717, 1.165) is 30.5 Å². The van der Waals surface area contributed by atoms with Crippen LogP contribution >= 0.6 is 0 Å². The van der Waals surface area contributed by atoms with Gasteiger partial charge in [-0.2, -0.15) is 0 Å². The van der Waals surface area contributed by atoms with Crippen LogP contribution in [0.1, 0.15) is 53.6 Å². The van der Waals surface area contributed by atoms with Crippen LogP contribution in [-0.4, -0.2) is 35.6 Å². The third kappa shape index (κ3) is 2.10. The number of nitrogens with two attached hydrogens (primary N) is 1. The van der Waals surface area contributed by atoms with E-state index in [1.165, 1.54) is 47.7 Å². The van der Waals surface area contributed by atoms with E-state index in [-0.39, 0.29) is 5.91 Å². The number of carbonyl (C=O) groups excluding carboxylic acids is 1. The third-order valence-corrected chi connectivity index (χ3v) is 6.18. The molecular formula is C18H25N2O+. The number of likely N-dealkylation sites (N-methyl/N-ethyl adjacent to an activating group) is 1. The van der Waals surface area contributed by atoms with E-state index in [1.54, 1.807) is 0 Å². The van der Waals surface area contributed by atoms with Crippen LogP contribution in [0.5, 0.6) is 0 Å². The van der Waals surface area contributed by atoms with Crippen LogP contribution in [0.3, 0.4) is 0 Å². The Kier molecular flexibility index (Phi) is 2.90. The lowest BCUT2D eigenvalue weighted by atomic mass is 9.83. The average molecular weight is 285 g/mol. The third-order valence-electron chi connectivity index (χ3n) is 6.18. The summed E-state index contributed by atoms with van der Waals surface area (Å²) < 4.78 is 1.27. The van der Waals surface area contributed by atoms with E-state index < -0.39 is 0 Å². The molecule has 2 saturated carbocycles. The summed E-state index contributed by atoms with van der Waals surface area (Å²) in [7, 11) is 2.48. The number of nitrogens with zero attached hydrogens (tertiary/aromatic N) is 1. The lowest BCUT2D eigenvalue weighted by Gasteiger charge is -2.45. The zero-order valence-corrected chi connectivity index (χ0v) is 12.8. The van der Waals surface area contributed by atoms with Crippen molar-refractivity contribution in [2.75, 3.05) is 7.05 Å². The van der Waals surface area contributed by atoms with Crippen LogP contribution < -0.4 is 5.73 Å². The first-order valence-electron chi connectivity index (χ1n) is 8.37. The van der Waals surface area contributed by atoms with Crippen molar-refractivity contribution in [3.63, 3.8) is 0 Å². The largest absolute Gasteiger partial charge is 0.366 e. The maximum atomic E-state index is 11.7. The first-order valence-corrected chi connectivity index (χ1v) is 8.37. The Morgan fingerprint density at radius 1 is 1.10 bits per heavy atom. The molecule has 2 fully saturated rings. The number of primary amides is 1. The topological polar surface area (TPSA) is 43.1 Å². The Morgan fingerprint density at radius 2 is 1.76 bits per heavy atom. The van der Waals surface area contributed by atoms with E-state index in [4.69, 9.17) is 5.73 Å². The smallest absolute Gasteiger partial charge is 0.248 e. The highest BCUT2D eigenvalue weighted by Crippen LogP contribution is 2.47. The summed E-state index contributed by atoms with van der Waals surface area (Å²) in [5.41, 5.74) is 8.94. The van der Waals surface area contributed by atoms with Gasteiger partial charge in [-0.15, -0.1) is 0 Å². The van der Waals surface area contributed by atoms with Crippen molar-refractivity contribution in [1.29, 1.82) is 0 Å². The monoisotopic (exact) mass is 285 g/mol. The van der Waals surface area contributed by atoms with Gasteiger partial charge in [-0.3, -0.25) is 4.79 Å². The summed E-state index contributed by atoms with van der Waals surface area (Å²) in [4.78, 5) is 11.7. The molecule has 3 heteroatoms. The van der Waals surface area contributed by atoms with Gasteiger partial charge >= 0.3 is 0 Å². The number of hydrogen-bond acceptors (Lipinski definition) is 1. The molecule has 1 amide bonds. The van der Waals surface area contributed by atoms with Gasteiger partial charge in [0.05, 0.1) is 25.2 Å². The van der Waals surface area contributed by atoms with Crippen LogP contribution in [0.15, 0.2) is 18.2 Å². The summed E-state index contributed by atoms with van der Waals surface area (Å²) in [6, 6.07) is 8.50. The van der Waals surface area contributed by atoms with Crippen molar-refractivity contribution < 1.29 is 9.28 Å². The Balaban J connectivity index is 1.68. The van der Waals surface area contributed by atoms with Crippen molar-refractivity contribution in [3.05, 3.63) is 34.9 Å². The normalized spacial score (nSPS) is 25.5. The molecule has 3 aliphatic rings. The molecule has 0 spiro atoms. The number of aryl methyl sites for hydroxylation is 1. The van der Waals surface area contributed by atoms with Crippen molar-refractivity contribution in [2.45, 2.75) is 63.1 Å². The fourth-order valence-corrected chi connectivity index (χ4v) is 4.63. The maximum Gasteiger partial charge on any atom is 0.248 e. The Labute approximate surface area is 126 Å². The van der Waals surface area contributed by atoms with Crippen LogP contribution in [0.2, 0.25) is 0 Å². The summed E-state index contributed by atoms with van der Waals surface area (Å²) in [5, 5.41) is 0. The molecule has 112 valence electrons.